The topological polar surface area (TPSA) is 51.2 Å². The van der Waals surface area contributed by atoms with Crippen molar-refractivity contribution >= 4 is 52.3 Å². The number of para-hydroxylation sites is 1. The van der Waals surface area contributed by atoms with Gasteiger partial charge in [0.25, 0.3) is 5.91 Å². The second kappa shape index (κ2) is 7.86. The van der Waals surface area contributed by atoms with Gasteiger partial charge in [0.15, 0.2) is 0 Å². The second-order valence-corrected chi connectivity index (χ2v) is 6.02. The molecular weight excluding hydrogens is 427 g/mol. The van der Waals surface area contributed by atoms with Gasteiger partial charge in [-0.25, -0.2) is 4.98 Å². The third-order valence-corrected chi connectivity index (χ3v) is 4.51. The fraction of sp³-hybridized carbons (Fsp3) is 0.143. The Morgan fingerprint density at radius 3 is 2.36 bits per heavy atom. The molecule has 4 nitrogen and oxygen atoms in total. The number of carbonyl (C=O) groups is 1. The summed E-state index contributed by atoms with van der Waals surface area (Å²) in [4.78, 5) is 15.9. The Hall–Kier alpha value is -1.41. The summed E-state index contributed by atoms with van der Waals surface area (Å²) in [7, 11) is 0. The van der Waals surface area contributed by atoms with Crippen LogP contribution in [0.25, 0.3) is 0 Å². The quantitative estimate of drug-likeness (QED) is 0.645. The molecule has 0 aliphatic heterocycles. The maximum absolute atomic E-state index is 12.4. The van der Waals surface area contributed by atoms with Crippen molar-refractivity contribution in [2.75, 3.05) is 0 Å². The first-order chi connectivity index (χ1) is 11.6. The predicted octanol–water partition coefficient (Wildman–Crippen LogP) is 5.52. The third-order valence-electron chi connectivity index (χ3n) is 2.84. The number of nitrogens with zero attached hydrogens (tertiary/aromatic N) is 1. The van der Waals surface area contributed by atoms with Crippen LogP contribution < -0.4 is 10.1 Å². The molecule has 1 aromatic carbocycles. The van der Waals surface area contributed by atoms with Gasteiger partial charge in [-0.2, -0.15) is 0 Å². The van der Waals surface area contributed by atoms with Gasteiger partial charge < -0.3 is 10.1 Å². The van der Waals surface area contributed by atoms with Crippen LogP contribution in [0.5, 0.6) is 5.75 Å². The predicted molar refractivity (Wildman–Crippen MR) is 88.6 cm³/mol. The number of alkyl halides is 3. The van der Waals surface area contributed by atoms with E-state index in [2.05, 4.69) is 15.0 Å². The van der Waals surface area contributed by atoms with Gasteiger partial charge in [-0.15, -0.1) is 13.2 Å². The molecule has 1 heterocycles. The highest BCUT2D eigenvalue weighted by Crippen LogP contribution is 2.36. The molecule has 25 heavy (non-hydrogen) atoms. The highest BCUT2D eigenvalue weighted by molar-refractivity contribution is 6.52. The van der Waals surface area contributed by atoms with E-state index < -0.39 is 18.0 Å². The summed E-state index contributed by atoms with van der Waals surface area (Å²) < 4.78 is 41.1. The van der Waals surface area contributed by atoms with Crippen molar-refractivity contribution in [1.82, 2.24) is 10.3 Å². The minimum absolute atomic E-state index is 0.0930. The van der Waals surface area contributed by atoms with E-state index in [0.29, 0.717) is 0 Å². The van der Waals surface area contributed by atoms with Gasteiger partial charge >= 0.3 is 6.36 Å². The number of carbonyl (C=O) groups excluding carboxylic acids is 1. The van der Waals surface area contributed by atoms with Crippen molar-refractivity contribution in [3.05, 3.63) is 55.7 Å². The molecule has 1 amide bonds. The van der Waals surface area contributed by atoms with E-state index in [1.165, 1.54) is 18.2 Å². The third kappa shape index (κ3) is 5.04. The van der Waals surface area contributed by atoms with Crippen molar-refractivity contribution in [3.8, 4) is 5.75 Å². The molecule has 0 aliphatic rings. The van der Waals surface area contributed by atoms with Crippen molar-refractivity contribution in [2.45, 2.75) is 12.9 Å². The number of rotatable bonds is 4. The summed E-state index contributed by atoms with van der Waals surface area (Å²) in [6, 6.07) is 5.34. The number of hydrogen-bond acceptors (Lipinski definition) is 3. The Kier molecular flexibility index (Phi) is 6.26. The fourth-order valence-electron chi connectivity index (χ4n) is 1.77. The Morgan fingerprint density at radius 1 is 1.08 bits per heavy atom. The zero-order valence-corrected chi connectivity index (χ0v) is 14.9. The van der Waals surface area contributed by atoms with Crippen molar-refractivity contribution < 1.29 is 22.7 Å². The van der Waals surface area contributed by atoms with Gasteiger partial charge in [0.2, 0.25) is 0 Å². The van der Waals surface area contributed by atoms with Gasteiger partial charge in [-0.05, 0) is 6.07 Å². The standard InChI is InChI=1S/C14H7Cl4F3N2O2/c15-8-9(16)11(23-12(18)10(8)17)13(24)22-5-6-3-1-2-4-7(6)25-14(19,20)21/h1-4H,5H2,(H,22,24). The van der Waals surface area contributed by atoms with Crippen LogP contribution in [0.15, 0.2) is 24.3 Å². The molecule has 0 unspecified atom stereocenters. The number of ether oxygens (including phenoxy) is 1. The molecule has 0 aliphatic carbocycles. The largest absolute Gasteiger partial charge is 0.573 e. The van der Waals surface area contributed by atoms with Gasteiger partial charge in [-0.1, -0.05) is 64.6 Å². The van der Waals surface area contributed by atoms with Crippen molar-refractivity contribution in [3.63, 3.8) is 0 Å². The maximum atomic E-state index is 12.4. The summed E-state index contributed by atoms with van der Waals surface area (Å²) >= 11 is 23.2. The lowest BCUT2D eigenvalue weighted by atomic mass is 10.2. The summed E-state index contributed by atoms with van der Waals surface area (Å²) in [5, 5.41) is 1.63. The first kappa shape index (κ1) is 19.9. The molecule has 1 aromatic heterocycles. The number of pyridine rings is 1. The Balaban J connectivity index is 2.19. The van der Waals surface area contributed by atoms with E-state index >= 15 is 0 Å². The highest BCUT2D eigenvalue weighted by Gasteiger charge is 2.32. The smallest absolute Gasteiger partial charge is 0.405 e. The molecule has 0 saturated heterocycles. The molecule has 1 N–H and O–H groups in total. The Bertz CT molecular complexity index is 815. The molecule has 2 rings (SSSR count). The number of benzene rings is 1. The Morgan fingerprint density at radius 2 is 1.72 bits per heavy atom. The number of aromatic nitrogens is 1. The van der Waals surface area contributed by atoms with Crippen LogP contribution in [0.2, 0.25) is 20.2 Å². The molecule has 0 fully saturated rings. The van der Waals surface area contributed by atoms with E-state index in [1.54, 1.807) is 0 Å². The molecule has 0 bridgehead atoms. The Labute approximate surface area is 159 Å². The summed E-state index contributed by atoms with van der Waals surface area (Å²) in [6.45, 7) is -0.277. The number of hydrogen-bond donors (Lipinski definition) is 1. The minimum Gasteiger partial charge on any atom is -0.405 e. The van der Waals surface area contributed by atoms with Crippen LogP contribution in [-0.4, -0.2) is 17.3 Å². The fourth-order valence-corrected chi connectivity index (χ4v) is 2.59. The zero-order valence-electron chi connectivity index (χ0n) is 11.9. The van der Waals surface area contributed by atoms with Gasteiger partial charge in [-0.3, -0.25) is 4.79 Å². The van der Waals surface area contributed by atoms with Gasteiger partial charge in [0.1, 0.15) is 16.6 Å². The summed E-state index contributed by atoms with van der Waals surface area (Å²) in [5.41, 5.74) is -0.217. The van der Waals surface area contributed by atoms with Crippen LogP contribution in [0, 0.1) is 0 Å². The van der Waals surface area contributed by atoms with Crippen molar-refractivity contribution in [2.24, 2.45) is 0 Å². The molecule has 0 spiro atoms. The normalized spacial score (nSPS) is 11.3. The lowest BCUT2D eigenvalue weighted by molar-refractivity contribution is -0.274. The monoisotopic (exact) mass is 432 g/mol. The lowest BCUT2D eigenvalue weighted by Gasteiger charge is -2.14. The first-order valence-corrected chi connectivity index (χ1v) is 7.93. The molecule has 0 saturated carbocycles. The van der Waals surface area contributed by atoms with E-state index in [4.69, 9.17) is 46.4 Å². The number of amides is 1. The minimum atomic E-state index is -4.86. The van der Waals surface area contributed by atoms with Crippen LogP contribution in [0.4, 0.5) is 13.2 Å². The summed E-state index contributed by atoms with van der Waals surface area (Å²) in [5.74, 6) is -1.24. The second-order valence-electron chi connectivity index (χ2n) is 4.53. The summed E-state index contributed by atoms with van der Waals surface area (Å²) in [6.07, 6.45) is -4.86. The molecule has 2 aromatic rings. The highest BCUT2D eigenvalue weighted by atomic mass is 35.5. The number of nitrogens with one attached hydrogen (secondary N) is 1. The van der Waals surface area contributed by atoms with Crippen LogP contribution >= 0.6 is 46.4 Å². The SMILES string of the molecule is O=C(NCc1ccccc1OC(F)(F)F)c1nc(Cl)c(Cl)c(Cl)c1Cl. The van der Waals surface area contributed by atoms with Gasteiger partial charge in [0, 0.05) is 12.1 Å². The van der Waals surface area contributed by atoms with E-state index in [1.807, 2.05) is 0 Å². The molecule has 134 valence electrons. The maximum Gasteiger partial charge on any atom is 0.573 e. The van der Waals surface area contributed by atoms with E-state index in [0.717, 1.165) is 6.07 Å². The molecule has 0 atom stereocenters. The lowest BCUT2D eigenvalue weighted by Crippen LogP contribution is -2.25. The van der Waals surface area contributed by atoms with Gasteiger partial charge in [0.05, 0.1) is 15.1 Å². The van der Waals surface area contributed by atoms with Crippen LogP contribution in [0.3, 0.4) is 0 Å². The number of halogens is 7. The molecule has 0 radical (unpaired) electrons. The molecular formula is C14H7Cl4F3N2O2. The average molecular weight is 434 g/mol. The van der Waals surface area contributed by atoms with Crippen LogP contribution in [0.1, 0.15) is 16.1 Å². The average Bonchev–Trinajstić information content (AvgIpc) is 2.53. The first-order valence-electron chi connectivity index (χ1n) is 6.42. The van der Waals surface area contributed by atoms with E-state index in [-0.39, 0.29) is 38.0 Å². The van der Waals surface area contributed by atoms with Crippen molar-refractivity contribution in [1.29, 1.82) is 0 Å². The zero-order chi connectivity index (χ0) is 18.8. The van der Waals surface area contributed by atoms with E-state index in [9.17, 15) is 18.0 Å². The molecule has 11 heteroatoms. The van der Waals surface area contributed by atoms with Crippen LogP contribution in [-0.2, 0) is 6.54 Å².